The molecule has 63 heavy (non-hydrogen) atoms. The molecule has 2 unspecified atom stereocenters. The quantitative estimate of drug-likeness (QED) is 0.138. The first-order valence-electron chi connectivity index (χ1n) is 21.8. The fourth-order valence-electron chi connectivity index (χ4n) is 9.55. The number of imide groups is 1. The minimum atomic E-state index is -2.91. The Morgan fingerprint density at radius 1 is 0.937 bits per heavy atom. The van der Waals surface area contributed by atoms with Crippen LogP contribution in [0.2, 0.25) is 0 Å². The molecule has 4 fully saturated rings. The first-order valence-corrected chi connectivity index (χ1v) is 21.8. The first kappa shape index (κ1) is 43.8. The highest BCUT2D eigenvalue weighted by Crippen LogP contribution is 2.37. The molecular weight excluding hydrogens is 825 g/mol. The SMILES string of the molecule is CN(C)C1CCN(c2cccc3c2n(C)c(=O)n3C2CCC(=O)NC2=O)CC1(F)F.O=C(Nc1cn(C2CCCCC2)nc1C(F)F)c1cnn2ccc(N3CCCCCC3)nc12. The molecule has 0 spiro atoms. The molecule has 5 aromatic rings. The van der Waals surface area contributed by atoms with Gasteiger partial charge in [0.05, 0.1) is 47.2 Å². The third kappa shape index (κ3) is 8.90. The molecular formula is C43H54F4N12O4. The molecule has 2 N–H and O–H groups in total. The van der Waals surface area contributed by atoms with E-state index in [-0.39, 0.29) is 42.5 Å². The van der Waals surface area contributed by atoms with Gasteiger partial charge in [0.1, 0.15) is 17.4 Å². The molecule has 1 aliphatic carbocycles. The lowest BCUT2D eigenvalue weighted by Gasteiger charge is -2.42. The number of nitrogens with zero attached hydrogens (tertiary/aromatic N) is 10. The summed E-state index contributed by atoms with van der Waals surface area (Å²) in [6.45, 7) is 1.83. The number of rotatable bonds is 8. The predicted molar refractivity (Wildman–Crippen MR) is 229 cm³/mol. The van der Waals surface area contributed by atoms with Gasteiger partial charge in [-0.15, -0.1) is 0 Å². The summed E-state index contributed by atoms with van der Waals surface area (Å²) in [7, 11) is 4.87. The minimum Gasteiger partial charge on any atom is -0.364 e. The monoisotopic (exact) mass is 878 g/mol. The molecule has 9 rings (SSSR count). The number of fused-ring (bicyclic) bond motifs is 2. The van der Waals surface area contributed by atoms with E-state index >= 15 is 0 Å². The molecule has 7 heterocycles. The number of hydrogen-bond acceptors (Lipinski definition) is 10. The molecule has 3 amide bonds. The number of alkyl halides is 4. The number of halogens is 4. The molecule has 16 nitrogen and oxygen atoms in total. The Morgan fingerprint density at radius 3 is 2.35 bits per heavy atom. The Labute approximate surface area is 361 Å². The highest BCUT2D eigenvalue weighted by molar-refractivity contribution is 6.08. The van der Waals surface area contributed by atoms with Crippen LogP contribution in [0.1, 0.15) is 112 Å². The average Bonchev–Trinajstić information content (AvgIpc) is 3.87. The van der Waals surface area contributed by atoms with E-state index in [9.17, 15) is 36.7 Å². The Bertz CT molecular complexity index is 2530. The number of piperidine rings is 2. The maximum absolute atomic E-state index is 14.8. The topological polar surface area (TPSA) is 160 Å². The number of amides is 3. The minimum absolute atomic E-state index is 0.0450. The van der Waals surface area contributed by atoms with Gasteiger partial charge in [0.15, 0.2) is 11.3 Å². The van der Waals surface area contributed by atoms with Crippen LogP contribution in [0.25, 0.3) is 16.7 Å². The van der Waals surface area contributed by atoms with Crippen LogP contribution in [0.15, 0.2) is 47.7 Å². The second-order valence-corrected chi connectivity index (χ2v) is 17.2. The van der Waals surface area contributed by atoms with E-state index < -0.39 is 54.2 Å². The van der Waals surface area contributed by atoms with E-state index in [2.05, 4.69) is 25.7 Å². The number of aromatic nitrogens is 7. The molecule has 4 aliphatic rings. The van der Waals surface area contributed by atoms with E-state index in [1.807, 2.05) is 6.07 Å². The summed E-state index contributed by atoms with van der Waals surface area (Å²) in [5, 5.41) is 13.3. The first-order chi connectivity index (χ1) is 30.2. The van der Waals surface area contributed by atoms with E-state index in [0.717, 1.165) is 63.9 Å². The number of benzene rings is 1. The van der Waals surface area contributed by atoms with Crippen molar-refractivity contribution in [3.05, 3.63) is 64.6 Å². The van der Waals surface area contributed by atoms with Gasteiger partial charge in [0, 0.05) is 45.5 Å². The molecule has 338 valence electrons. The summed E-state index contributed by atoms with van der Waals surface area (Å²) in [5.74, 6) is -3.51. The third-order valence-corrected chi connectivity index (χ3v) is 12.8. The van der Waals surface area contributed by atoms with E-state index in [0.29, 0.717) is 28.9 Å². The van der Waals surface area contributed by atoms with Gasteiger partial charge >= 0.3 is 5.69 Å². The Balaban J connectivity index is 0.000000174. The number of hydrogen-bond donors (Lipinski definition) is 2. The number of imidazole rings is 1. The van der Waals surface area contributed by atoms with Crippen molar-refractivity contribution in [3.8, 4) is 0 Å². The molecule has 3 saturated heterocycles. The molecule has 0 bridgehead atoms. The zero-order valence-corrected chi connectivity index (χ0v) is 35.8. The van der Waals surface area contributed by atoms with Gasteiger partial charge in [0.2, 0.25) is 11.8 Å². The van der Waals surface area contributed by atoms with Crippen molar-refractivity contribution in [1.82, 2.24) is 43.7 Å². The van der Waals surface area contributed by atoms with Crippen molar-refractivity contribution in [2.24, 2.45) is 7.05 Å². The smallest absolute Gasteiger partial charge is 0.329 e. The number of para-hydroxylation sites is 1. The lowest BCUT2D eigenvalue weighted by Crippen LogP contribution is -2.56. The highest BCUT2D eigenvalue weighted by Gasteiger charge is 2.46. The number of aryl methyl sites for hydroxylation is 1. The fraction of sp³-hybridized carbons (Fsp3) is 0.558. The van der Waals surface area contributed by atoms with Crippen molar-refractivity contribution >= 4 is 51.6 Å². The zero-order chi connectivity index (χ0) is 44.6. The summed E-state index contributed by atoms with van der Waals surface area (Å²) in [6, 6.07) is 5.47. The van der Waals surface area contributed by atoms with Gasteiger partial charge in [0.25, 0.3) is 18.3 Å². The van der Waals surface area contributed by atoms with E-state index in [1.54, 1.807) is 60.0 Å². The van der Waals surface area contributed by atoms with Crippen LogP contribution in [0, 0.1) is 0 Å². The van der Waals surface area contributed by atoms with Crippen LogP contribution in [-0.2, 0) is 16.6 Å². The number of carbonyl (C=O) groups excluding carboxylic acids is 3. The summed E-state index contributed by atoms with van der Waals surface area (Å²) in [4.78, 5) is 60.0. The number of anilines is 3. The molecule has 0 radical (unpaired) electrons. The van der Waals surface area contributed by atoms with Gasteiger partial charge in [-0.3, -0.25) is 33.5 Å². The number of nitrogens with one attached hydrogen (secondary N) is 2. The zero-order valence-electron chi connectivity index (χ0n) is 35.8. The lowest BCUT2D eigenvalue weighted by molar-refractivity contribution is -0.135. The maximum atomic E-state index is 14.8. The summed E-state index contributed by atoms with van der Waals surface area (Å²) in [6.07, 6.45) is 12.4. The van der Waals surface area contributed by atoms with Crippen molar-refractivity contribution in [2.75, 3.05) is 55.4 Å². The molecule has 3 aliphatic heterocycles. The van der Waals surface area contributed by atoms with Crippen LogP contribution in [-0.4, -0.2) is 108 Å². The normalized spacial score (nSPS) is 21.2. The van der Waals surface area contributed by atoms with Crippen LogP contribution in [0.5, 0.6) is 0 Å². The van der Waals surface area contributed by atoms with Gasteiger partial charge < -0.3 is 20.0 Å². The Kier molecular flexibility index (Phi) is 12.6. The summed E-state index contributed by atoms with van der Waals surface area (Å²) < 4.78 is 62.8. The molecule has 4 aromatic heterocycles. The van der Waals surface area contributed by atoms with Crippen molar-refractivity contribution < 1.29 is 31.9 Å². The van der Waals surface area contributed by atoms with Crippen molar-refractivity contribution in [2.45, 2.75) is 108 Å². The standard InChI is InChI=1S/C23H29F2N7O.C20H25F2N5O3/c24-21(25)20-18(15-32(29-20)16-8-4-3-5-9-16)27-23(33)17-14-26-31-13-10-19(28-22(17)31)30-11-6-1-2-7-12-30;1-24(2)15-9-10-26(11-20(15,21)22)12-5-4-6-13-17(12)25(3)19(30)27(13)14-7-8-16(28)23-18(14)29/h10,13-16,21H,1-9,11-12H2,(H,27,33);4-6,14-15H,7-11H2,1-3H3,(H,23,28,29). The summed E-state index contributed by atoms with van der Waals surface area (Å²) in [5.41, 5.74) is 1.42. The van der Waals surface area contributed by atoms with Crippen molar-refractivity contribution in [3.63, 3.8) is 0 Å². The van der Waals surface area contributed by atoms with Crippen molar-refractivity contribution in [1.29, 1.82) is 0 Å². The Morgan fingerprint density at radius 2 is 1.67 bits per heavy atom. The lowest BCUT2D eigenvalue weighted by atomic mass is 9.96. The Hall–Kier alpha value is -5.79. The fourth-order valence-corrected chi connectivity index (χ4v) is 9.55. The van der Waals surface area contributed by atoms with Crippen LogP contribution in [0.4, 0.5) is 34.8 Å². The largest absolute Gasteiger partial charge is 0.364 e. The van der Waals surface area contributed by atoms with E-state index in [1.165, 1.54) is 38.9 Å². The van der Waals surface area contributed by atoms with Gasteiger partial charge in [-0.2, -0.15) is 10.2 Å². The highest BCUT2D eigenvalue weighted by atomic mass is 19.3. The van der Waals surface area contributed by atoms with E-state index in [4.69, 9.17) is 4.98 Å². The number of carbonyl (C=O) groups is 3. The van der Waals surface area contributed by atoms with Crippen LogP contribution in [0.3, 0.4) is 0 Å². The molecule has 1 saturated carbocycles. The average molecular weight is 879 g/mol. The molecule has 2 atom stereocenters. The van der Waals surface area contributed by atoms with Gasteiger partial charge in [-0.25, -0.2) is 31.9 Å². The van der Waals surface area contributed by atoms with Crippen LogP contribution >= 0.6 is 0 Å². The second-order valence-electron chi connectivity index (χ2n) is 17.2. The van der Waals surface area contributed by atoms with Gasteiger partial charge in [-0.05, 0) is 70.8 Å². The second kappa shape index (κ2) is 18.1. The maximum Gasteiger partial charge on any atom is 0.329 e. The van der Waals surface area contributed by atoms with Crippen LogP contribution < -0.4 is 26.1 Å². The molecule has 1 aromatic carbocycles. The third-order valence-electron chi connectivity index (χ3n) is 12.8. The summed E-state index contributed by atoms with van der Waals surface area (Å²) >= 11 is 0. The predicted octanol–water partition coefficient (Wildman–Crippen LogP) is 6.09. The van der Waals surface area contributed by atoms with Gasteiger partial charge in [-0.1, -0.05) is 38.2 Å². The molecule has 20 heteroatoms.